The van der Waals surface area contributed by atoms with E-state index in [1.165, 1.54) is 19.2 Å². The quantitative estimate of drug-likeness (QED) is 0.675. The van der Waals surface area contributed by atoms with Crippen LogP contribution >= 0.6 is 22.6 Å². The minimum atomic E-state index is -4.00. The molecule has 0 atom stereocenters. The number of carbonyl (C=O) groups is 1. The van der Waals surface area contributed by atoms with Crippen molar-refractivity contribution in [3.05, 3.63) is 33.7 Å². The molecule has 0 aliphatic rings. The van der Waals surface area contributed by atoms with E-state index in [1.807, 2.05) is 27.3 Å². The SMILES string of the molecule is COc1nc(C)nc(NC(=O)NS(=O)(=O)c2cccc(I)c2)n1. The number of carbonyl (C=O) groups excluding carboxylic acids is 1. The first kappa shape index (κ1) is 17.3. The summed E-state index contributed by atoms with van der Waals surface area (Å²) in [6.07, 6.45) is 0. The van der Waals surface area contributed by atoms with Crippen LogP contribution in [-0.2, 0) is 10.0 Å². The molecule has 1 aromatic carbocycles. The third-order valence-electron chi connectivity index (χ3n) is 2.47. The van der Waals surface area contributed by atoms with Crippen LogP contribution < -0.4 is 14.8 Å². The second-order valence-electron chi connectivity index (χ2n) is 4.21. The molecule has 23 heavy (non-hydrogen) atoms. The van der Waals surface area contributed by atoms with Crippen LogP contribution in [0, 0.1) is 10.5 Å². The third-order valence-corrected chi connectivity index (χ3v) is 4.47. The largest absolute Gasteiger partial charge is 0.467 e. The molecule has 0 aliphatic heterocycles. The molecule has 2 rings (SSSR count). The van der Waals surface area contributed by atoms with Gasteiger partial charge in [0.15, 0.2) is 0 Å². The summed E-state index contributed by atoms with van der Waals surface area (Å²) in [7, 11) is -2.64. The Morgan fingerprint density at radius 2 is 2.00 bits per heavy atom. The molecule has 0 spiro atoms. The highest BCUT2D eigenvalue weighted by atomic mass is 127. The van der Waals surface area contributed by atoms with Gasteiger partial charge >= 0.3 is 12.0 Å². The predicted octanol–water partition coefficient (Wildman–Crippen LogP) is 1.30. The van der Waals surface area contributed by atoms with Crippen LogP contribution in [0.25, 0.3) is 0 Å². The van der Waals surface area contributed by atoms with Crippen LogP contribution in [0.15, 0.2) is 29.2 Å². The Morgan fingerprint density at radius 1 is 1.26 bits per heavy atom. The first-order valence-electron chi connectivity index (χ1n) is 6.16. The average Bonchev–Trinajstić information content (AvgIpc) is 2.45. The fourth-order valence-corrected chi connectivity index (χ4v) is 3.25. The van der Waals surface area contributed by atoms with Crippen molar-refractivity contribution in [2.75, 3.05) is 12.4 Å². The average molecular weight is 449 g/mol. The lowest BCUT2D eigenvalue weighted by atomic mass is 10.4. The van der Waals surface area contributed by atoms with Gasteiger partial charge in [-0.15, -0.1) is 0 Å². The van der Waals surface area contributed by atoms with Crippen LogP contribution in [0.1, 0.15) is 5.82 Å². The molecule has 2 amide bonds. The fraction of sp³-hybridized carbons (Fsp3) is 0.167. The van der Waals surface area contributed by atoms with E-state index in [0.29, 0.717) is 5.82 Å². The van der Waals surface area contributed by atoms with Crippen LogP contribution in [0.4, 0.5) is 10.7 Å². The Labute approximate surface area is 146 Å². The highest BCUT2D eigenvalue weighted by molar-refractivity contribution is 14.1. The molecule has 0 radical (unpaired) electrons. The zero-order valence-electron chi connectivity index (χ0n) is 12.1. The Hall–Kier alpha value is -2.02. The summed E-state index contributed by atoms with van der Waals surface area (Å²) < 4.78 is 31.7. The van der Waals surface area contributed by atoms with E-state index in [1.54, 1.807) is 19.1 Å². The lowest BCUT2D eigenvalue weighted by molar-refractivity contribution is 0.256. The lowest BCUT2D eigenvalue weighted by Gasteiger charge is -2.08. The van der Waals surface area contributed by atoms with Gasteiger partial charge in [0.25, 0.3) is 10.0 Å². The smallest absolute Gasteiger partial charge is 0.335 e. The van der Waals surface area contributed by atoms with Gasteiger partial charge in [-0.05, 0) is 47.7 Å². The summed E-state index contributed by atoms with van der Waals surface area (Å²) in [6.45, 7) is 1.58. The molecule has 1 aromatic heterocycles. The molecule has 2 N–H and O–H groups in total. The number of anilines is 1. The molecule has 122 valence electrons. The molecule has 0 unspecified atom stereocenters. The second-order valence-corrected chi connectivity index (χ2v) is 7.14. The van der Waals surface area contributed by atoms with Crippen molar-refractivity contribution in [3.63, 3.8) is 0 Å². The number of aromatic nitrogens is 3. The Bertz CT molecular complexity index is 843. The number of nitrogens with one attached hydrogen (secondary N) is 2. The number of hydrogen-bond acceptors (Lipinski definition) is 7. The molecule has 0 saturated heterocycles. The minimum Gasteiger partial charge on any atom is -0.467 e. The van der Waals surface area contributed by atoms with E-state index < -0.39 is 16.1 Å². The molecule has 0 saturated carbocycles. The van der Waals surface area contributed by atoms with Crippen molar-refractivity contribution in [1.29, 1.82) is 0 Å². The Morgan fingerprint density at radius 3 is 2.65 bits per heavy atom. The maximum atomic E-state index is 12.1. The van der Waals surface area contributed by atoms with Crippen molar-refractivity contribution in [3.8, 4) is 6.01 Å². The number of urea groups is 1. The number of ether oxygens (including phenoxy) is 1. The van der Waals surface area contributed by atoms with Gasteiger partial charge in [-0.25, -0.2) is 17.9 Å². The molecule has 0 fully saturated rings. The van der Waals surface area contributed by atoms with Crippen LogP contribution in [0.2, 0.25) is 0 Å². The molecule has 0 aliphatic carbocycles. The molecular formula is C12H12IN5O4S. The van der Waals surface area contributed by atoms with E-state index >= 15 is 0 Å². The zero-order chi connectivity index (χ0) is 17.0. The number of sulfonamides is 1. The Balaban J connectivity index is 2.14. The first-order valence-corrected chi connectivity index (χ1v) is 8.72. The van der Waals surface area contributed by atoms with Crippen LogP contribution in [-0.4, -0.2) is 36.5 Å². The van der Waals surface area contributed by atoms with Crippen LogP contribution in [0.3, 0.4) is 0 Å². The minimum absolute atomic E-state index is 0.00766. The van der Waals surface area contributed by atoms with E-state index in [-0.39, 0.29) is 16.9 Å². The summed E-state index contributed by atoms with van der Waals surface area (Å²) in [5.41, 5.74) is 0. The number of benzene rings is 1. The van der Waals surface area contributed by atoms with E-state index in [9.17, 15) is 13.2 Å². The number of aryl methyl sites for hydroxylation is 1. The second kappa shape index (κ2) is 7.04. The number of amides is 2. The van der Waals surface area contributed by atoms with Crippen molar-refractivity contribution >= 4 is 44.6 Å². The van der Waals surface area contributed by atoms with Crippen molar-refractivity contribution < 1.29 is 17.9 Å². The highest BCUT2D eigenvalue weighted by Gasteiger charge is 2.18. The third kappa shape index (κ3) is 4.72. The van der Waals surface area contributed by atoms with Crippen molar-refractivity contribution in [2.45, 2.75) is 11.8 Å². The van der Waals surface area contributed by atoms with E-state index in [0.717, 1.165) is 3.57 Å². The summed E-state index contributed by atoms with van der Waals surface area (Å²) in [4.78, 5) is 23.3. The normalized spacial score (nSPS) is 10.9. The maximum Gasteiger partial charge on any atom is 0.335 e. The van der Waals surface area contributed by atoms with Crippen LogP contribution in [0.5, 0.6) is 6.01 Å². The topological polar surface area (TPSA) is 123 Å². The predicted molar refractivity (Wildman–Crippen MR) is 89.6 cm³/mol. The number of rotatable bonds is 4. The summed E-state index contributed by atoms with van der Waals surface area (Å²) in [5, 5.41) is 2.22. The summed E-state index contributed by atoms with van der Waals surface area (Å²) >= 11 is 1.98. The number of halogens is 1. The van der Waals surface area contributed by atoms with Gasteiger partial charge in [0.2, 0.25) is 5.95 Å². The standard InChI is InChI=1S/C12H12IN5O4S/c1-7-14-10(17-12(15-7)22-2)16-11(19)18-23(20,21)9-5-3-4-8(13)6-9/h3-6H,1-2H3,(H2,14,15,16,17,18,19). The molecule has 1 heterocycles. The fourth-order valence-electron chi connectivity index (χ4n) is 1.55. The van der Waals surface area contributed by atoms with Crippen molar-refractivity contribution in [1.82, 2.24) is 19.7 Å². The van der Waals surface area contributed by atoms with Gasteiger partial charge < -0.3 is 4.74 Å². The molecular weight excluding hydrogens is 437 g/mol. The van der Waals surface area contributed by atoms with Gasteiger partial charge in [-0.2, -0.15) is 15.0 Å². The van der Waals surface area contributed by atoms with Crippen molar-refractivity contribution in [2.24, 2.45) is 0 Å². The molecule has 11 heteroatoms. The van der Waals surface area contributed by atoms with Gasteiger partial charge in [0.1, 0.15) is 5.82 Å². The molecule has 9 nitrogen and oxygen atoms in total. The number of hydrogen-bond donors (Lipinski definition) is 2. The zero-order valence-corrected chi connectivity index (χ0v) is 15.0. The highest BCUT2D eigenvalue weighted by Crippen LogP contribution is 2.13. The Kier molecular flexibility index (Phi) is 5.30. The summed E-state index contributed by atoms with van der Waals surface area (Å²) in [5.74, 6) is 0.192. The monoisotopic (exact) mass is 449 g/mol. The summed E-state index contributed by atoms with van der Waals surface area (Å²) in [6, 6.07) is 5.15. The lowest BCUT2D eigenvalue weighted by Crippen LogP contribution is -2.35. The van der Waals surface area contributed by atoms with Gasteiger partial charge in [0.05, 0.1) is 12.0 Å². The maximum absolute atomic E-state index is 12.1. The van der Waals surface area contributed by atoms with Gasteiger partial charge in [-0.3, -0.25) is 5.32 Å². The number of nitrogens with zero attached hydrogens (tertiary/aromatic N) is 3. The number of methoxy groups -OCH3 is 1. The van der Waals surface area contributed by atoms with Gasteiger partial charge in [-0.1, -0.05) is 6.07 Å². The van der Waals surface area contributed by atoms with E-state index in [4.69, 9.17) is 4.74 Å². The molecule has 2 aromatic rings. The van der Waals surface area contributed by atoms with Gasteiger partial charge in [0, 0.05) is 3.57 Å². The first-order chi connectivity index (χ1) is 10.8. The van der Waals surface area contributed by atoms with E-state index in [2.05, 4.69) is 20.3 Å². The molecule has 0 bridgehead atoms.